The summed E-state index contributed by atoms with van der Waals surface area (Å²) in [5, 5.41) is 3.15. The third-order valence-electron chi connectivity index (χ3n) is 3.06. The second kappa shape index (κ2) is 5.41. The number of nitrogens with zero attached hydrogens (tertiary/aromatic N) is 1. The van der Waals surface area contributed by atoms with E-state index in [4.69, 9.17) is 11.6 Å². The molecular formula is C15H15ClN2O. The molecule has 0 aliphatic carbocycles. The quantitative estimate of drug-likeness (QED) is 0.844. The number of carbonyl (C=O) groups excluding carboxylic acids is 1. The van der Waals surface area contributed by atoms with Gasteiger partial charge in [-0.1, -0.05) is 29.8 Å². The fourth-order valence-corrected chi connectivity index (χ4v) is 2.28. The van der Waals surface area contributed by atoms with Gasteiger partial charge in [0.1, 0.15) is 0 Å². The summed E-state index contributed by atoms with van der Waals surface area (Å²) in [6.07, 6.45) is 1.62. The van der Waals surface area contributed by atoms with Gasteiger partial charge < -0.3 is 5.32 Å². The normalized spacial score (nSPS) is 10.3. The Bertz CT molecular complexity index is 598. The van der Waals surface area contributed by atoms with Crippen LogP contribution in [0.15, 0.2) is 30.5 Å². The first kappa shape index (κ1) is 13.6. The van der Waals surface area contributed by atoms with Crippen molar-refractivity contribution in [2.75, 3.05) is 5.32 Å². The summed E-state index contributed by atoms with van der Waals surface area (Å²) in [5.74, 6) is -0.159. The zero-order chi connectivity index (χ0) is 14.0. The lowest BCUT2D eigenvalue weighted by molar-refractivity contribution is 0.102. The number of anilines is 1. The monoisotopic (exact) mass is 274 g/mol. The standard InChI is InChI=1S/C15H15ClN2O/c1-9-5-4-6-10(2)12(9)15(19)18-13-11(3)7-8-17-14(13)16/h4-8H,1-3H3,(H,18,19). The molecule has 1 aromatic carbocycles. The molecule has 0 bridgehead atoms. The molecule has 19 heavy (non-hydrogen) atoms. The largest absolute Gasteiger partial charge is 0.319 e. The van der Waals surface area contributed by atoms with Gasteiger partial charge in [0.25, 0.3) is 5.91 Å². The van der Waals surface area contributed by atoms with Gasteiger partial charge in [-0.2, -0.15) is 0 Å². The number of aromatic nitrogens is 1. The van der Waals surface area contributed by atoms with E-state index in [9.17, 15) is 4.79 Å². The molecule has 0 aliphatic heterocycles. The predicted molar refractivity (Wildman–Crippen MR) is 77.9 cm³/mol. The SMILES string of the molecule is Cc1ccnc(Cl)c1NC(=O)c1c(C)cccc1C. The maximum absolute atomic E-state index is 12.4. The molecule has 0 fully saturated rings. The Balaban J connectivity index is 2.37. The van der Waals surface area contributed by atoms with E-state index in [2.05, 4.69) is 10.3 Å². The maximum Gasteiger partial charge on any atom is 0.256 e. The van der Waals surface area contributed by atoms with E-state index in [0.717, 1.165) is 16.7 Å². The Morgan fingerprint density at radius 3 is 2.32 bits per heavy atom. The second-order valence-electron chi connectivity index (χ2n) is 4.51. The van der Waals surface area contributed by atoms with Crippen molar-refractivity contribution in [1.82, 2.24) is 4.98 Å². The third-order valence-corrected chi connectivity index (χ3v) is 3.35. The second-order valence-corrected chi connectivity index (χ2v) is 4.87. The molecule has 0 saturated heterocycles. The van der Waals surface area contributed by atoms with Crippen LogP contribution in [0.1, 0.15) is 27.0 Å². The first-order chi connectivity index (χ1) is 9.00. The lowest BCUT2D eigenvalue weighted by atomic mass is 10.0. The van der Waals surface area contributed by atoms with Gasteiger partial charge in [0.2, 0.25) is 0 Å². The highest BCUT2D eigenvalue weighted by Gasteiger charge is 2.14. The average Bonchev–Trinajstić information content (AvgIpc) is 2.34. The Labute approximate surface area is 117 Å². The van der Waals surface area contributed by atoms with Gasteiger partial charge in [-0.3, -0.25) is 4.79 Å². The van der Waals surface area contributed by atoms with Gasteiger partial charge in [0.05, 0.1) is 5.69 Å². The van der Waals surface area contributed by atoms with Crippen LogP contribution in [0.3, 0.4) is 0 Å². The van der Waals surface area contributed by atoms with E-state index < -0.39 is 0 Å². The Hall–Kier alpha value is -1.87. The number of hydrogen-bond acceptors (Lipinski definition) is 2. The fourth-order valence-electron chi connectivity index (χ4n) is 2.02. The van der Waals surface area contributed by atoms with E-state index >= 15 is 0 Å². The maximum atomic E-state index is 12.4. The molecule has 1 aromatic heterocycles. The molecule has 3 nitrogen and oxygen atoms in total. The van der Waals surface area contributed by atoms with Gasteiger partial charge in [0, 0.05) is 11.8 Å². The number of nitrogens with one attached hydrogen (secondary N) is 1. The minimum atomic E-state index is -0.159. The number of rotatable bonds is 2. The zero-order valence-electron chi connectivity index (χ0n) is 11.1. The van der Waals surface area contributed by atoms with Crippen LogP contribution in [0.5, 0.6) is 0 Å². The van der Waals surface area contributed by atoms with Crippen molar-refractivity contribution in [3.05, 3.63) is 57.9 Å². The number of hydrogen-bond donors (Lipinski definition) is 1. The molecule has 98 valence electrons. The number of benzene rings is 1. The molecule has 0 spiro atoms. The minimum Gasteiger partial charge on any atom is -0.319 e. The van der Waals surface area contributed by atoms with Crippen LogP contribution in [0, 0.1) is 20.8 Å². The summed E-state index contributed by atoms with van der Waals surface area (Å²) in [6.45, 7) is 5.72. The van der Waals surface area contributed by atoms with Crippen molar-refractivity contribution in [3.63, 3.8) is 0 Å². The van der Waals surface area contributed by atoms with Crippen LogP contribution in [-0.2, 0) is 0 Å². The Morgan fingerprint density at radius 2 is 1.74 bits per heavy atom. The van der Waals surface area contributed by atoms with Gasteiger partial charge in [-0.05, 0) is 43.5 Å². The van der Waals surface area contributed by atoms with Crippen molar-refractivity contribution in [2.24, 2.45) is 0 Å². The molecular weight excluding hydrogens is 260 g/mol. The highest BCUT2D eigenvalue weighted by molar-refractivity contribution is 6.32. The van der Waals surface area contributed by atoms with Crippen LogP contribution in [0.2, 0.25) is 5.15 Å². The molecule has 1 amide bonds. The first-order valence-corrected chi connectivity index (χ1v) is 6.37. The number of carbonyl (C=O) groups is 1. The molecule has 0 atom stereocenters. The summed E-state index contributed by atoms with van der Waals surface area (Å²) in [5.41, 5.74) is 4.02. The molecule has 0 saturated carbocycles. The summed E-state index contributed by atoms with van der Waals surface area (Å²) >= 11 is 6.01. The van der Waals surface area contributed by atoms with E-state index in [1.165, 1.54) is 0 Å². The summed E-state index contributed by atoms with van der Waals surface area (Å²) in [7, 11) is 0. The number of amides is 1. The summed E-state index contributed by atoms with van der Waals surface area (Å²) in [4.78, 5) is 16.3. The van der Waals surface area contributed by atoms with Gasteiger partial charge >= 0.3 is 0 Å². The molecule has 2 aromatic rings. The molecule has 4 heteroatoms. The van der Waals surface area contributed by atoms with Gasteiger partial charge in [-0.15, -0.1) is 0 Å². The highest BCUT2D eigenvalue weighted by atomic mass is 35.5. The van der Waals surface area contributed by atoms with Crippen LogP contribution in [-0.4, -0.2) is 10.9 Å². The van der Waals surface area contributed by atoms with Crippen LogP contribution in [0.4, 0.5) is 5.69 Å². The van der Waals surface area contributed by atoms with Crippen molar-refractivity contribution in [3.8, 4) is 0 Å². The van der Waals surface area contributed by atoms with E-state index in [1.807, 2.05) is 45.0 Å². The molecule has 2 rings (SSSR count). The minimum absolute atomic E-state index is 0.159. The van der Waals surface area contributed by atoms with E-state index in [0.29, 0.717) is 16.4 Å². The number of aryl methyl sites for hydroxylation is 3. The smallest absolute Gasteiger partial charge is 0.256 e. The third kappa shape index (κ3) is 2.76. The summed E-state index contributed by atoms with van der Waals surface area (Å²) in [6, 6.07) is 7.58. The molecule has 0 aliphatic rings. The van der Waals surface area contributed by atoms with Crippen molar-refractivity contribution < 1.29 is 4.79 Å². The predicted octanol–water partition coefficient (Wildman–Crippen LogP) is 3.91. The number of halogens is 1. The zero-order valence-corrected chi connectivity index (χ0v) is 11.9. The van der Waals surface area contributed by atoms with Crippen LogP contribution in [0.25, 0.3) is 0 Å². The number of pyridine rings is 1. The molecule has 0 unspecified atom stereocenters. The van der Waals surface area contributed by atoms with Crippen LogP contribution < -0.4 is 5.32 Å². The fraction of sp³-hybridized carbons (Fsp3) is 0.200. The highest BCUT2D eigenvalue weighted by Crippen LogP contribution is 2.24. The topological polar surface area (TPSA) is 42.0 Å². The van der Waals surface area contributed by atoms with E-state index in [-0.39, 0.29) is 5.91 Å². The molecule has 1 N–H and O–H groups in total. The van der Waals surface area contributed by atoms with Crippen molar-refractivity contribution >= 4 is 23.2 Å². The molecule has 0 radical (unpaired) electrons. The lowest BCUT2D eigenvalue weighted by Gasteiger charge is -2.12. The Morgan fingerprint density at radius 1 is 1.11 bits per heavy atom. The lowest BCUT2D eigenvalue weighted by Crippen LogP contribution is -2.16. The average molecular weight is 275 g/mol. The van der Waals surface area contributed by atoms with Crippen molar-refractivity contribution in [2.45, 2.75) is 20.8 Å². The summed E-state index contributed by atoms with van der Waals surface area (Å²) < 4.78 is 0. The van der Waals surface area contributed by atoms with E-state index in [1.54, 1.807) is 6.20 Å². The van der Waals surface area contributed by atoms with Crippen molar-refractivity contribution in [1.29, 1.82) is 0 Å². The first-order valence-electron chi connectivity index (χ1n) is 5.99. The molecule has 1 heterocycles. The van der Waals surface area contributed by atoms with Gasteiger partial charge in [0.15, 0.2) is 5.15 Å². The Kier molecular flexibility index (Phi) is 3.86. The van der Waals surface area contributed by atoms with Crippen LogP contribution >= 0.6 is 11.6 Å². The van der Waals surface area contributed by atoms with Gasteiger partial charge in [-0.25, -0.2) is 4.98 Å².